The van der Waals surface area contributed by atoms with Crippen LogP contribution in [0.25, 0.3) is 12.2 Å². The van der Waals surface area contributed by atoms with E-state index in [0.717, 1.165) is 11.3 Å². The molecule has 0 unspecified atom stereocenters. The number of allylic oxidation sites excluding steroid dienone is 2. The summed E-state index contributed by atoms with van der Waals surface area (Å²) in [5.41, 5.74) is 11.7. The van der Waals surface area contributed by atoms with E-state index >= 15 is 0 Å². The zero-order chi connectivity index (χ0) is 22.8. The maximum Gasteiger partial charge on any atom is 0.248 e. The molecule has 0 fully saturated rings. The van der Waals surface area contributed by atoms with Gasteiger partial charge in [0.25, 0.3) is 0 Å². The van der Waals surface area contributed by atoms with Crippen LogP contribution in [0.1, 0.15) is 29.2 Å². The molecule has 3 nitrogen and oxygen atoms in total. The third-order valence-corrected chi connectivity index (χ3v) is 6.11. The summed E-state index contributed by atoms with van der Waals surface area (Å²) in [7, 11) is 0. The van der Waals surface area contributed by atoms with Gasteiger partial charge in [-0.2, -0.15) is 0 Å². The first-order chi connectivity index (χ1) is 15.5. The highest BCUT2D eigenvalue weighted by Crippen LogP contribution is 2.24. The Morgan fingerprint density at radius 3 is 2.38 bits per heavy atom. The number of carbonyl (C=O) groups is 1. The van der Waals surface area contributed by atoms with E-state index in [-0.39, 0.29) is 5.91 Å². The molecule has 0 saturated carbocycles. The molecule has 0 radical (unpaired) electrons. The second-order valence-electron chi connectivity index (χ2n) is 7.32. The summed E-state index contributed by atoms with van der Waals surface area (Å²) < 4.78 is 0. The highest BCUT2D eigenvalue weighted by Gasteiger charge is 2.01. The summed E-state index contributed by atoms with van der Waals surface area (Å²) in [6.45, 7) is 4.19. The van der Waals surface area contributed by atoms with Crippen LogP contribution in [0.4, 0.5) is 11.4 Å². The summed E-state index contributed by atoms with van der Waals surface area (Å²) in [4.78, 5) is 13.4. The van der Waals surface area contributed by atoms with Crippen LogP contribution in [0.2, 0.25) is 0 Å². The topological polar surface area (TPSA) is 55.1 Å². The number of carbonyl (C=O) groups excluding carboxylic acids is 1. The van der Waals surface area contributed by atoms with E-state index in [2.05, 4.69) is 73.8 Å². The Hall–Kier alpha value is -3.50. The first-order valence-electron chi connectivity index (χ1n) is 10.5. The molecule has 3 N–H and O–H groups in total. The van der Waals surface area contributed by atoms with E-state index in [0.29, 0.717) is 11.4 Å². The van der Waals surface area contributed by atoms with Gasteiger partial charge in [-0.05, 0) is 60.4 Å². The number of aryl methyl sites for hydroxylation is 1. The Morgan fingerprint density at radius 1 is 0.938 bits per heavy atom. The van der Waals surface area contributed by atoms with Crippen molar-refractivity contribution >= 4 is 41.2 Å². The lowest BCUT2D eigenvalue weighted by molar-refractivity contribution is -0.111. The standard InChI is InChI=1S/C28H28N2OS/c1-3-25(18-17-24-9-5-4-8-21(24)2)32-20-23-14-12-22(13-15-23)16-19-28(31)30-27-11-7-6-10-26(27)29/h3-19H,20,29H2,1-2H3,(H,30,31)/b18-17-,19-16+,25-3+. The normalized spacial score (nSPS) is 11.9. The van der Waals surface area contributed by atoms with Gasteiger partial charge in [0, 0.05) is 16.7 Å². The van der Waals surface area contributed by atoms with Crippen LogP contribution >= 0.6 is 11.8 Å². The summed E-state index contributed by atoms with van der Waals surface area (Å²) in [5.74, 6) is 0.677. The van der Waals surface area contributed by atoms with Crippen LogP contribution in [-0.2, 0) is 10.5 Å². The van der Waals surface area contributed by atoms with Crippen molar-refractivity contribution in [3.8, 4) is 0 Å². The molecule has 162 valence electrons. The molecule has 0 saturated heterocycles. The number of rotatable bonds is 8. The molecule has 32 heavy (non-hydrogen) atoms. The maximum absolute atomic E-state index is 12.1. The van der Waals surface area contributed by atoms with Crippen LogP contribution in [0.5, 0.6) is 0 Å². The van der Waals surface area contributed by atoms with Gasteiger partial charge in [0.2, 0.25) is 5.91 Å². The summed E-state index contributed by atoms with van der Waals surface area (Å²) >= 11 is 1.81. The number of hydrogen-bond donors (Lipinski definition) is 2. The van der Waals surface area contributed by atoms with Gasteiger partial charge in [-0.25, -0.2) is 0 Å². The van der Waals surface area contributed by atoms with Crippen LogP contribution in [0.3, 0.4) is 0 Å². The van der Waals surface area contributed by atoms with E-state index in [9.17, 15) is 4.79 Å². The van der Waals surface area contributed by atoms with Crippen molar-refractivity contribution in [2.75, 3.05) is 11.1 Å². The Kier molecular flexibility index (Phi) is 8.52. The van der Waals surface area contributed by atoms with Crippen molar-refractivity contribution in [1.29, 1.82) is 0 Å². The molecule has 0 bridgehead atoms. The van der Waals surface area contributed by atoms with Crippen LogP contribution in [0, 0.1) is 6.92 Å². The number of amides is 1. The van der Waals surface area contributed by atoms with Gasteiger partial charge in [0.05, 0.1) is 11.4 Å². The summed E-state index contributed by atoms with van der Waals surface area (Å²) in [5, 5.41) is 2.79. The number of thioether (sulfide) groups is 1. The molecule has 4 heteroatoms. The van der Waals surface area contributed by atoms with E-state index in [1.54, 1.807) is 30.0 Å². The molecule has 3 aromatic carbocycles. The van der Waals surface area contributed by atoms with Gasteiger partial charge in [-0.15, -0.1) is 11.8 Å². The molecular weight excluding hydrogens is 412 g/mol. The van der Waals surface area contributed by atoms with Crippen molar-refractivity contribution in [3.05, 3.63) is 118 Å². The largest absolute Gasteiger partial charge is 0.397 e. The third-order valence-electron chi connectivity index (χ3n) is 4.93. The molecule has 3 aromatic rings. The van der Waals surface area contributed by atoms with Crippen molar-refractivity contribution in [2.24, 2.45) is 0 Å². The van der Waals surface area contributed by atoms with E-state index in [4.69, 9.17) is 5.73 Å². The van der Waals surface area contributed by atoms with Crippen LogP contribution in [-0.4, -0.2) is 5.91 Å². The first kappa shape index (κ1) is 23.2. The fourth-order valence-corrected chi connectivity index (χ4v) is 3.88. The van der Waals surface area contributed by atoms with Gasteiger partial charge >= 0.3 is 0 Å². The Balaban J connectivity index is 1.52. The number of nitrogens with one attached hydrogen (secondary N) is 1. The number of nitrogens with two attached hydrogens (primary N) is 1. The minimum Gasteiger partial charge on any atom is -0.397 e. The Bertz CT molecular complexity index is 1140. The second kappa shape index (κ2) is 11.8. The molecular formula is C28H28N2OS. The average Bonchev–Trinajstić information content (AvgIpc) is 2.81. The fraction of sp³-hybridized carbons (Fsp3) is 0.107. The van der Waals surface area contributed by atoms with E-state index in [1.807, 2.05) is 24.3 Å². The summed E-state index contributed by atoms with van der Waals surface area (Å²) in [6, 6.07) is 23.8. The average molecular weight is 441 g/mol. The predicted molar refractivity (Wildman–Crippen MR) is 140 cm³/mol. The SMILES string of the molecule is C/C=C(\C=C/c1ccccc1C)SCc1ccc(/C=C/C(=O)Nc2ccccc2N)cc1. The molecule has 0 heterocycles. The maximum atomic E-state index is 12.1. The van der Waals surface area contributed by atoms with Crippen LogP contribution < -0.4 is 11.1 Å². The predicted octanol–water partition coefficient (Wildman–Crippen LogP) is 7.08. The number of nitrogen functional groups attached to an aromatic ring is 1. The number of benzene rings is 3. The lowest BCUT2D eigenvalue weighted by Crippen LogP contribution is -2.09. The lowest BCUT2D eigenvalue weighted by atomic mass is 10.1. The molecule has 1 amide bonds. The molecule has 0 spiro atoms. The second-order valence-corrected chi connectivity index (χ2v) is 8.37. The fourth-order valence-electron chi connectivity index (χ4n) is 3.02. The molecule has 3 rings (SSSR count). The molecule has 0 aliphatic rings. The van der Waals surface area contributed by atoms with Gasteiger partial charge in [-0.3, -0.25) is 4.79 Å². The Labute approximate surface area is 194 Å². The highest BCUT2D eigenvalue weighted by atomic mass is 32.2. The highest BCUT2D eigenvalue weighted by molar-refractivity contribution is 8.02. The third kappa shape index (κ3) is 7.03. The minimum absolute atomic E-state index is 0.208. The van der Waals surface area contributed by atoms with Gasteiger partial charge < -0.3 is 11.1 Å². The van der Waals surface area contributed by atoms with Gasteiger partial charge in [0.15, 0.2) is 0 Å². The number of hydrogen-bond acceptors (Lipinski definition) is 3. The minimum atomic E-state index is -0.208. The Morgan fingerprint density at radius 2 is 1.66 bits per heavy atom. The molecule has 0 aliphatic carbocycles. The number of para-hydroxylation sites is 2. The zero-order valence-electron chi connectivity index (χ0n) is 18.4. The number of anilines is 2. The lowest BCUT2D eigenvalue weighted by Gasteiger charge is -2.05. The van der Waals surface area contributed by atoms with E-state index < -0.39 is 0 Å². The van der Waals surface area contributed by atoms with Crippen molar-refractivity contribution in [1.82, 2.24) is 0 Å². The van der Waals surface area contributed by atoms with E-state index in [1.165, 1.54) is 27.7 Å². The van der Waals surface area contributed by atoms with Crippen molar-refractivity contribution in [2.45, 2.75) is 19.6 Å². The monoisotopic (exact) mass is 440 g/mol. The van der Waals surface area contributed by atoms with Gasteiger partial charge in [0.1, 0.15) is 0 Å². The summed E-state index contributed by atoms with van der Waals surface area (Å²) in [6.07, 6.45) is 9.79. The van der Waals surface area contributed by atoms with Gasteiger partial charge in [-0.1, -0.05) is 72.8 Å². The van der Waals surface area contributed by atoms with Crippen LogP contribution in [0.15, 0.2) is 95.9 Å². The molecule has 0 aliphatic heterocycles. The smallest absolute Gasteiger partial charge is 0.248 e. The molecule has 0 aromatic heterocycles. The zero-order valence-corrected chi connectivity index (χ0v) is 19.2. The van der Waals surface area contributed by atoms with Crippen molar-refractivity contribution < 1.29 is 4.79 Å². The molecule has 0 atom stereocenters. The first-order valence-corrected chi connectivity index (χ1v) is 11.5. The quantitative estimate of drug-likeness (QED) is 0.223. The van der Waals surface area contributed by atoms with Crippen molar-refractivity contribution in [3.63, 3.8) is 0 Å².